The number of aliphatic hydroxyl groups is 1. The normalized spacial score (nSPS) is 15.9. The third-order valence-corrected chi connectivity index (χ3v) is 9.83. The molecule has 1 aromatic heterocycles. The van der Waals surface area contributed by atoms with Crippen LogP contribution in [0.15, 0.2) is 107 Å². The van der Waals surface area contributed by atoms with E-state index in [4.69, 9.17) is 4.74 Å². The summed E-state index contributed by atoms with van der Waals surface area (Å²) in [5.41, 5.74) is 6.67. The number of carbonyl (C=O) groups excluding carboxylic acids is 2. The monoisotopic (exact) mass is 633 g/mol. The second kappa shape index (κ2) is 13.1. The van der Waals surface area contributed by atoms with Crippen molar-refractivity contribution in [3.05, 3.63) is 142 Å². The lowest BCUT2D eigenvalue weighted by molar-refractivity contribution is -0.132. The fourth-order valence-electron chi connectivity index (χ4n) is 5.08. The molecule has 45 heavy (non-hydrogen) atoms. The zero-order valence-electron chi connectivity index (χ0n) is 25.1. The maximum atomic E-state index is 13.6. The first-order valence-corrected chi connectivity index (χ1v) is 16.3. The van der Waals surface area contributed by atoms with E-state index in [9.17, 15) is 14.7 Å². The van der Waals surface area contributed by atoms with Crippen LogP contribution in [0.4, 0.5) is 5.13 Å². The molecule has 0 bridgehead atoms. The lowest BCUT2D eigenvalue weighted by Gasteiger charge is -2.22. The van der Waals surface area contributed by atoms with Gasteiger partial charge in [-0.2, -0.15) is 0 Å². The Kier molecular flexibility index (Phi) is 8.82. The molecule has 1 fully saturated rings. The van der Waals surface area contributed by atoms with E-state index in [1.165, 1.54) is 33.6 Å². The second-order valence-electron chi connectivity index (χ2n) is 10.9. The van der Waals surface area contributed by atoms with Gasteiger partial charge in [-0.05, 0) is 67.3 Å². The first-order chi connectivity index (χ1) is 21.8. The lowest BCUT2D eigenvalue weighted by atomic mass is 9.95. The van der Waals surface area contributed by atoms with Crippen LogP contribution < -0.4 is 9.64 Å². The largest absolute Gasteiger partial charge is 0.507 e. The van der Waals surface area contributed by atoms with Crippen molar-refractivity contribution in [2.75, 3.05) is 4.90 Å². The van der Waals surface area contributed by atoms with E-state index in [0.29, 0.717) is 38.7 Å². The van der Waals surface area contributed by atoms with Gasteiger partial charge in [0, 0.05) is 11.3 Å². The molecule has 7 nitrogen and oxygen atoms in total. The SMILES string of the molecule is Cc1ccc(CSc2nnc(N3C(=O)C(=O)C(=C(O)c4ccc(OCc5ccccc5C)cc4)C3c3ccc(C)cc3)s2)cc1. The van der Waals surface area contributed by atoms with E-state index in [0.717, 1.165) is 22.3 Å². The zero-order chi connectivity index (χ0) is 31.5. The average molecular weight is 634 g/mol. The molecule has 0 spiro atoms. The van der Waals surface area contributed by atoms with Gasteiger partial charge in [-0.25, -0.2) is 0 Å². The highest BCUT2D eigenvalue weighted by atomic mass is 32.2. The van der Waals surface area contributed by atoms with Crippen LogP contribution in [0.2, 0.25) is 0 Å². The minimum Gasteiger partial charge on any atom is -0.507 e. The van der Waals surface area contributed by atoms with Crippen molar-refractivity contribution in [2.24, 2.45) is 0 Å². The van der Waals surface area contributed by atoms with Crippen molar-refractivity contribution in [3.8, 4) is 5.75 Å². The number of hydrogen-bond donors (Lipinski definition) is 1. The molecule has 1 aliphatic heterocycles. The van der Waals surface area contributed by atoms with Crippen LogP contribution in [-0.2, 0) is 21.9 Å². The highest BCUT2D eigenvalue weighted by Gasteiger charge is 2.48. The van der Waals surface area contributed by atoms with Gasteiger partial charge in [-0.15, -0.1) is 10.2 Å². The van der Waals surface area contributed by atoms with Crippen LogP contribution in [0.1, 0.15) is 45.0 Å². The van der Waals surface area contributed by atoms with Crippen LogP contribution in [-0.4, -0.2) is 27.0 Å². The average Bonchev–Trinajstić information content (AvgIpc) is 3.62. The molecular formula is C36H31N3O4S2. The van der Waals surface area contributed by atoms with Crippen LogP contribution in [0.5, 0.6) is 5.75 Å². The summed E-state index contributed by atoms with van der Waals surface area (Å²) in [5.74, 6) is -0.478. The van der Waals surface area contributed by atoms with E-state index in [1.807, 2.05) is 69.3 Å². The van der Waals surface area contributed by atoms with Crippen molar-refractivity contribution in [3.63, 3.8) is 0 Å². The maximum Gasteiger partial charge on any atom is 0.301 e. The van der Waals surface area contributed by atoms with E-state index < -0.39 is 17.7 Å². The third kappa shape index (κ3) is 6.55. The molecule has 9 heteroatoms. The number of aromatic nitrogens is 2. The van der Waals surface area contributed by atoms with Gasteiger partial charge < -0.3 is 9.84 Å². The number of Topliss-reactive ketones (excluding diaryl/α,β-unsaturated/α-hetero) is 1. The molecule has 1 saturated heterocycles. The number of rotatable bonds is 9. The van der Waals surface area contributed by atoms with Gasteiger partial charge in [0.2, 0.25) is 5.13 Å². The van der Waals surface area contributed by atoms with Crippen LogP contribution >= 0.6 is 23.1 Å². The molecule has 0 radical (unpaired) electrons. The minimum atomic E-state index is -0.870. The van der Waals surface area contributed by atoms with Crippen molar-refractivity contribution in [2.45, 2.75) is 43.5 Å². The Morgan fingerprint density at radius 3 is 2.22 bits per heavy atom. The second-order valence-corrected chi connectivity index (χ2v) is 13.1. The van der Waals surface area contributed by atoms with Crippen molar-refractivity contribution < 1.29 is 19.4 Å². The number of benzene rings is 4. The summed E-state index contributed by atoms with van der Waals surface area (Å²) in [7, 11) is 0. The summed E-state index contributed by atoms with van der Waals surface area (Å²) in [6.45, 7) is 6.45. The Bertz CT molecular complexity index is 1880. The number of thioether (sulfide) groups is 1. The first kappa shape index (κ1) is 30.3. The van der Waals surface area contributed by atoms with Crippen molar-refractivity contribution in [1.82, 2.24) is 10.2 Å². The summed E-state index contributed by atoms with van der Waals surface area (Å²) in [6, 6.07) is 29.8. The lowest BCUT2D eigenvalue weighted by Crippen LogP contribution is -2.29. The fraction of sp³-hybridized carbons (Fsp3) is 0.167. The molecule has 1 atom stereocenters. The number of ether oxygens (including phenoxy) is 1. The van der Waals surface area contributed by atoms with Crippen LogP contribution in [0.3, 0.4) is 0 Å². The molecule has 0 aliphatic carbocycles. The standard InChI is InChI=1S/C36H31N3O4S2/c1-22-8-12-25(13-9-22)21-44-36-38-37-35(45-36)39-31(26-14-10-23(2)11-15-26)30(33(41)34(39)42)32(40)27-16-18-29(19-17-27)43-20-28-7-5-4-6-24(28)3/h4-19,31,40H,20-21H2,1-3H3. The Balaban J connectivity index is 1.29. The van der Waals surface area contributed by atoms with Crippen LogP contribution in [0, 0.1) is 20.8 Å². The molecule has 226 valence electrons. The van der Waals surface area contributed by atoms with Gasteiger partial charge in [0.25, 0.3) is 5.78 Å². The highest BCUT2D eigenvalue weighted by molar-refractivity contribution is 8.00. The number of amides is 1. The van der Waals surface area contributed by atoms with Gasteiger partial charge in [0.1, 0.15) is 18.1 Å². The molecule has 0 saturated carbocycles. The topological polar surface area (TPSA) is 92.6 Å². The van der Waals surface area contributed by atoms with E-state index in [1.54, 1.807) is 24.3 Å². The summed E-state index contributed by atoms with van der Waals surface area (Å²) >= 11 is 2.77. The minimum absolute atomic E-state index is 0.00138. The molecule has 1 unspecified atom stereocenters. The summed E-state index contributed by atoms with van der Waals surface area (Å²) in [4.78, 5) is 28.5. The van der Waals surface area contributed by atoms with Gasteiger partial charge >= 0.3 is 5.91 Å². The first-order valence-electron chi connectivity index (χ1n) is 14.5. The number of aryl methyl sites for hydroxylation is 3. The van der Waals surface area contributed by atoms with Gasteiger partial charge in [0.15, 0.2) is 4.34 Å². The van der Waals surface area contributed by atoms with Gasteiger partial charge in [-0.3, -0.25) is 14.5 Å². The predicted molar refractivity (Wildman–Crippen MR) is 179 cm³/mol. The number of ketones is 1. The smallest absolute Gasteiger partial charge is 0.301 e. The molecule has 5 aromatic rings. The summed E-state index contributed by atoms with van der Waals surface area (Å²) < 4.78 is 6.64. The quantitative estimate of drug-likeness (QED) is 0.0579. The Morgan fingerprint density at radius 2 is 1.53 bits per heavy atom. The van der Waals surface area contributed by atoms with Crippen molar-refractivity contribution in [1.29, 1.82) is 0 Å². The molecule has 6 rings (SSSR count). The van der Waals surface area contributed by atoms with E-state index in [-0.39, 0.29) is 11.3 Å². The predicted octanol–water partition coefficient (Wildman–Crippen LogP) is 7.96. The number of nitrogens with zero attached hydrogens (tertiary/aromatic N) is 3. The Morgan fingerprint density at radius 1 is 0.867 bits per heavy atom. The molecular weight excluding hydrogens is 603 g/mol. The molecule has 1 amide bonds. The van der Waals surface area contributed by atoms with Gasteiger partial charge in [-0.1, -0.05) is 107 Å². The number of aliphatic hydroxyl groups excluding tert-OH is 1. The number of carbonyl (C=O) groups is 2. The molecule has 4 aromatic carbocycles. The van der Waals surface area contributed by atoms with Crippen LogP contribution in [0.25, 0.3) is 5.76 Å². The maximum absolute atomic E-state index is 13.6. The highest BCUT2D eigenvalue weighted by Crippen LogP contribution is 2.44. The number of hydrogen-bond acceptors (Lipinski definition) is 8. The molecule has 1 N–H and O–H groups in total. The van der Waals surface area contributed by atoms with Gasteiger partial charge in [0.05, 0.1) is 11.6 Å². The summed E-state index contributed by atoms with van der Waals surface area (Å²) in [5, 5.41) is 20.5. The molecule has 2 heterocycles. The third-order valence-electron chi connectivity index (χ3n) is 7.71. The van der Waals surface area contributed by atoms with E-state index >= 15 is 0 Å². The summed E-state index contributed by atoms with van der Waals surface area (Å²) in [6.07, 6.45) is 0. The van der Waals surface area contributed by atoms with E-state index in [2.05, 4.69) is 34.5 Å². The Labute approximate surface area is 270 Å². The molecule has 1 aliphatic rings. The fourth-order valence-corrected chi connectivity index (χ4v) is 6.90. The van der Waals surface area contributed by atoms with Crippen molar-refractivity contribution >= 4 is 45.7 Å². The number of anilines is 1. The Hall–Kier alpha value is -4.73. The zero-order valence-corrected chi connectivity index (χ0v) is 26.7.